The van der Waals surface area contributed by atoms with Gasteiger partial charge in [0.1, 0.15) is 0 Å². The third-order valence-corrected chi connectivity index (χ3v) is 4.08. The zero-order chi connectivity index (χ0) is 6.62. The van der Waals surface area contributed by atoms with Crippen LogP contribution in [0.25, 0.3) is 0 Å². The number of nitrogens with one attached hydrogen (secondary N) is 1. The second-order valence-electron chi connectivity index (χ2n) is 2.52. The average Bonchev–Trinajstić information content (AvgIpc) is 1.87. The molecule has 0 fully saturated rings. The second-order valence-corrected chi connectivity index (χ2v) is 4.43. The Balaban J connectivity index is 3.58. The molecule has 0 unspecified atom stereocenters. The molecule has 0 amide bonds. The van der Waals surface area contributed by atoms with Crippen LogP contribution in [0.5, 0.6) is 0 Å². The van der Waals surface area contributed by atoms with Crippen LogP contribution in [0.2, 0.25) is 0 Å². The van der Waals surface area contributed by atoms with Crippen LogP contribution in [0.4, 0.5) is 0 Å². The molecule has 0 aliphatic heterocycles. The van der Waals surface area contributed by atoms with Crippen LogP contribution < -0.4 is 5.32 Å². The van der Waals surface area contributed by atoms with Gasteiger partial charge in [-0.05, 0) is 19.9 Å². The molecule has 0 saturated carbocycles. The van der Waals surface area contributed by atoms with E-state index in [-0.39, 0.29) is 0 Å². The lowest BCUT2D eigenvalue weighted by Gasteiger charge is -2.25. The quantitative estimate of drug-likeness (QED) is 0.535. The van der Waals surface area contributed by atoms with E-state index in [9.17, 15) is 0 Å². The highest BCUT2D eigenvalue weighted by Crippen LogP contribution is 2.07. The molecule has 1 nitrogen and oxygen atoms in total. The van der Waals surface area contributed by atoms with Crippen molar-refractivity contribution >= 4 is 10.2 Å². The van der Waals surface area contributed by atoms with Crippen molar-refractivity contribution in [2.24, 2.45) is 0 Å². The van der Waals surface area contributed by atoms with Crippen molar-refractivity contribution in [2.45, 2.75) is 31.9 Å². The summed E-state index contributed by atoms with van der Waals surface area (Å²) in [7, 11) is 3.31. The lowest BCUT2D eigenvalue weighted by atomic mass is 10.1. The fourth-order valence-corrected chi connectivity index (χ4v) is 0.604. The summed E-state index contributed by atoms with van der Waals surface area (Å²) in [6.07, 6.45) is 2.54. The van der Waals surface area contributed by atoms with E-state index in [0.717, 1.165) is 0 Å². The van der Waals surface area contributed by atoms with Crippen LogP contribution in [0.15, 0.2) is 0 Å². The highest BCUT2D eigenvalue weighted by molar-refractivity contribution is 6.15. The second kappa shape index (κ2) is 3.25. The topological polar surface area (TPSA) is 12.0 Å². The largest absolute Gasteiger partial charge is 0.318 e. The fraction of sp³-hybridized carbons (Fsp3) is 1.00. The van der Waals surface area contributed by atoms with Crippen LogP contribution in [0.1, 0.15) is 26.7 Å². The van der Waals surface area contributed by atoms with Crippen molar-refractivity contribution in [1.29, 1.82) is 0 Å². The van der Waals surface area contributed by atoms with Gasteiger partial charge in [-0.2, -0.15) is 0 Å². The third kappa shape index (κ3) is 1.97. The normalized spacial score (nSPS) is 12.4. The van der Waals surface area contributed by atoms with E-state index in [0.29, 0.717) is 5.16 Å². The molecule has 0 aliphatic carbocycles. The van der Waals surface area contributed by atoms with Crippen molar-refractivity contribution in [3.63, 3.8) is 0 Å². The van der Waals surface area contributed by atoms with E-state index < -0.39 is 0 Å². The maximum atomic E-state index is 3.34. The standard InChI is InChI=1S/C6H17NSi/c1-4-6(8,5-2)7-3/h7H,4-5H2,1-3,8H3. The molecule has 50 valence electrons. The number of rotatable bonds is 3. The molecule has 0 saturated heterocycles. The van der Waals surface area contributed by atoms with Crippen molar-refractivity contribution in [3.05, 3.63) is 0 Å². The van der Waals surface area contributed by atoms with Crippen LogP contribution in [0.3, 0.4) is 0 Å². The summed E-state index contributed by atoms with van der Waals surface area (Å²) in [6.45, 7) is 4.49. The van der Waals surface area contributed by atoms with E-state index in [2.05, 4.69) is 26.2 Å². The highest BCUT2D eigenvalue weighted by Gasteiger charge is 2.14. The summed E-state index contributed by atoms with van der Waals surface area (Å²) < 4.78 is 0. The lowest BCUT2D eigenvalue weighted by Crippen LogP contribution is -2.41. The lowest BCUT2D eigenvalue weighted by molar-refractivity contribution is 0.465. The summed E-state index contributed by atoms with van der Waals surface area (Å²) in [4.78, 5) is 0. The molecule has 0 atom stereocenters. The minimum Gasteiger partial charge on any atom is -0.318 e. The molecule has 0 heterocycles. The predicted molar refractivity (Wildman–Crippen MR) is 42.3 cm³/mol. The van der Waals surface area contributed by atoms with Crippen LogP contribution in [0, 0.1) is 0 Å². The Morgan fingerprint density at radius 1 is 1.38 bits per heavy atom. The summed E-state index contributed by atoms with van der Waals surface area (Å²) in [5, 5.41) is 3.85. The Morgan fingerprint density at radius 2 is 1.75 bits per heavy atom. The minimum absolute atomic E-state index is 0.514. The van der Waals surface area contributed by atoms with Gasteiger partial charge in [-0.15, -0.1) is 0 Å². The first kappa shape index (κ1) is 8.18. The first-order chi connectivity index (χ1) is 3.68. The first-order valence-corrected chi connectivity index (χ1v) is 4.37. The van der Waals surface area contributed by atoms with E-state index in [1.165, 1.54) is 23.1 Å². The van der Waals surface area contributed by atoms with Gasteiger partial charge in [0.2, 0.25) is 0 Å². The fourth-order valence-electron chi connectivity index (χ4n) is 0.604. The predicted octanol–water partition coefficient (Wildman–Crippen LogP) is 0.0875. The van der Waals surface area contributed by atoms with Gasteiger partial charge in [-0.3, -0.25) is 0 Å². The molecular weight excluding hydrogens is 114 g/mol. The Kier molecular flexibility index (Phi) is 3.32. The molecule has 0 radical (unpaired) electrons. The van der Waals surface area contributed by atoms with Crippen molar-refractivity contribution in [2.75, 3.05) is 7.05 Å². The monoisotopic (exact) mass is 131 g/mol. The molecule has 0 bridgehead atoms. The summed E-state index contributed by atoms with van der Waals surface area (Å²) in [6, 6.07) is 0. The zero-order valence-corrected chi connectivity index (χ0v) is 8.41. The van der Waals surface area contributed by atoms with E-state index >= 15 is 0 Å². The smallest absolute Gasteiger partial charge is 0.0280 e. The van der Waals surface area contributed by atoms with Crippen LogP contribution in [-0.2, 0) is 0 Å². The van der Waals surface area contributed by atoms with E-state index in [1.54, 1.807) is 0 Å². The molecule has 0 spiro atoms. The molecule has 2 heteroatoms. The van der Waals surface area contributed by atoms with E-state index in [1.807, 2.05) is 0 Å². The molecule has 0 aliphatic rings. The Morgan fingerprint density at radius 3 is 1.75 bits per heavy atom. The van der Waals surface area contributed by atoms with Crippen molar-refractivity contribution in [1.82, 2.24) is 5.32 Å². The van der Waals surface area contributed by atoms with Crippen molar-refractivity contribution < 1.29 is 0 Å². The number of hydrogen-bond donors (Lipinski definition) is 1. The Bertz CT molecular complexity index is 51.3. The van der Waals surface area contributed by atoms with Gasteiger partial charge < -0.3 is 5.32 Å². The Hall–Kier alpha value is 0.177. The SMILES string of the molecule is CCC([SiH3])(CC)NC. The number of hydrogen-bond acceptors (Lipinski definition) is 1. The third-order valence-electron chi connectivity index (χ3n) is 2.16. The molecule has 0 rings (SSSR count). The maximum absolute atomic E-state index is 3.34. The van der Waals surface area contributed by atoms with Gasteiger partial charge >= 0.3 is 0 Å². The van der Waals surface area contributed by atoms with Gasteiger partial charge in [-0.1, -0.05) is 13.8 Å². The highest BCUT2D eigenvalue weighted by atomic mass is 28.1. The van der Waals surface area contributed by atoms with Crippen LogP contribution in [-0.4, -0.2) is 22.5 Å². The zero-order valence-electron chi connectivity index (χ0n) is 6.41. The van der Waals surface area contributed by atoms with E-state index in [4.69, 9.17) is 0 Å². The molecular formula is C6H17NSi. The van der Waals surface area contributed by atoms with Crippen LogP contribution >= 0.6 is 0 Å². The summed E-state index contributed by atoms with van der Waals surface area (Å²) in [5.41, 5.74) is 0. The van der Waals surface area contributed by atoms with Gasteiger partial charge in [-0.25, -0.2) is 0 Å². The molecule has 0 aromatic rings. The molecule has 8 heavy (non-hydrogen) atoms. The summed E-state index contributed by atoms with van der Waals surface area (Å²) >= 11 is 0. The average molecular weight is 131 g/mol. The van der Waals surface area contributed by atoms with Gasteiger partial charge in [0.15, 0.2) is 0 Å². The minimum atomic E-state index is 0.514. The van der Waals surface area contributed by atoms with Gasteiger partial charge in [0, 0.05) is 15.4 Å². The molecule has 1 N–H and O–H groups in total. The van der Waals surface area contributed by atoms with Gasteiger partial charge in [0.05, 0.1) is 0 Å². The maximum Gasteiger partial charge on any atom is 0.0280 e. The van der Waals surface area contributed by atoms with Gasteiger partial charge in [0.25, 0.3) is 0 Å². The van der Waals surface area contributed by atoms with Crippen molar-refractivity contribution in [3.8, 4) is 0 Å². The first-order valence-electron chi connectivity index (χ1n) is 3.37. The molecule has 0 aromatic carbocycles. The molecule has 0 aromatic heterocycles. The summed E-state index contributed by atoms with van der Waals surface area (Å²) in [5.74, 6) is 0. The Labute approximate surface area is 55.3 Å².